The summed E-state index contributed by atoms with van der Waals surface area (Å²) in [6.45, 7) is 0.668. The van der Waals surface area contributed by atoms with E-state index in [1.165, 1.54) is 0 Å². The van der Waals surface area contributed by atoms with E-state index in [1.807, 2.05) is 0 Å². The van der Waals surface area contributed by atoms with E-state index in [-0.39, 0.29) is 11.9 Å². The number of methoxy groups -OCH3 is 2. The molecule has 5 heteroatoms. The number of hydrogen-bond acceptors (Lipinski definition) is 4. The van der Waals surface area contributed by atoms with Gasteiger partial charge < -0.3 is 20.5 Å². The molecule has 1 aliphatic carbocycles. The van der Waals surface area contributed by atoms with Gasteiger partial charge in [0.25, 0.3) is 5.91 Å². The first kappa shape index (κ1) is 14.7. The summed E-state index contributed by atoms with van der Waals surface area (Å²) >= 11 is 0. The molecule has 2 atom stereocenters. The number of benzene rings is 1. The Morgan fingerprint density at radius 2 is 2.15 bits per heavy atom. The highest BCUT2D eigenvalue weighted by molar-refractivity contribution is 5.97. The molecule has 0 spiro atoms. The minimum Gasteiger partial charge on any atom is -0.497 e. The normalized spacial score (nSPS) is 21.6. The highest BCUT2D eigenvalue weighted by Gasteiger charge is 2.22. The number of carbonyl (C=O) groups excluding carboxylic acids is 1. The van der Waals surface area contributed by atoms with Crippen LogP contribution >= 0.6 is 0 Å². The van der Waals surface area contributed by atoms with Crippen LogP contribution < -0.4 is 20.5 Å². The van der Waals surface area contributed by atoms with Crippen LogP contribution in [0.5, 0.6) is 11.5 Å². The van der Waals surface area contributed by atoms with Gasteiger partial charge >= 0.3 is 0 Å². The van der Waals surface area contributed by atoms with Crippen molar-refractivity contribution in [2.24, 2.45) is 11.7 Å². The molecule has 0 radical (unpaired) electrons. The highest BCUT2D eigenvalue weighted by Crippen LogP contribution is 2.26. The molecular weight excluding hydrogens is 256 g/mol. The topological polar surface area (TPSA) is 73.6 Å². The van der Waals surface area contributed by atoms with Crippen LogP contribution in [0.1, 0.15) is 29.6 Å². The lowest BCUT2D eigenvalue weighted by Gasteiger charge is -2.13. The van der Waals surface area contributed by atoms with Gasteiger partial charge in [0.2, 0.25) is 0 Å². The molecule has 20 heavy (non-hydrogen) atoms. The second-order valence-electron chi connectivity index (χ2n) is 5.22. The zero-order valence-electron chi connectivity index (χ0n) is 12.0. The van der Waals surface area contributed by atoms with Gasteiger partial charge in [-0.3, -0.25) is 4.79 Å². The summed E-state index contributed by atoms with van der Waals surface area (Å²) in [6.07, 6.45) is 3.12. The quantitative estimate of drug-likeness (QED) is 0.857. The number of hydrogen-bond donors (Lipinski definition) is 2. The van der Waals surface area contributed by atoms with E-state index in [9.17, 15) is 4.79 Å². The molecule has 0 saturated heterocycles. The zero-order valence-corrected chi connectivity index (χ0v) is 12.0. The number of nitrogens with one attached hydrogen (secondary N) is 1. The summed E-state index contributed by atoms with van der Waals surface area (Å²) in [4.78, 5) is 12.2. The second kappa shape index (κ2) is 6.61. The standard InChI is InChI=1S/C15H22N2O3/c1-19-12-5-6-13(14(8-12)20-2)15(18)17-9-10-3-4-11(16)7-10/h5-6,8,10-11H,3-4,7,9,16H2,1-2H3,(H,17,18). The van der Waals surface area contributed by atoms with Crippen LogP contribution in [0.15, 0.2) is 18.2 Å². The Bertz CT molecular complexity index is 476. The minimum atomic E-state index is -0.120. The monoisotopic (exact) mass is 278 g/mol. The average Bonchev–Trinajstić information content (AvgIpc) is 2.89. The first-order valence-electron chi connectivity index (χ1n) is 6.90. The summed E-state index contributed by atoms with van der Waals surface area (Å²) in [7, 11) is 3.12. The van der Waals surface area contributed by atoms with Crippen molar-refractivity contribution in [3.8, 4) is 11.5 Å². The molecule has 5 nitrogen and oxygen atoms in total. The molecule has 1 saturated carbocycles. The molecule has 1 fully saturated rings. The third-order valence-corrected chi connectivity index (χ3v) is 3.79. The van der Waals surface area contributed by atoms with Crippen LogP contribution in [0, 0.1) is 5.92 Å². The molecule has 1 amide bonds. The molecule has 1 aliphatic rings. The van der Waals surface area contributed by atoms with E-state index in [0.29, 0.717) is 29.5 Å². The lowest BCUT2D eigenvalue weighted by molar-refractivity contribution is 0.0944. The number of carbonyl (C=O) groups is 1. The Kier molecular flexibility index (Phi) is 4.84. The third-order valence-electron chi connectivity index (χ3n) is 3.79. The van der Waals surface area contributed by atoms with Crippen molar-refractivity contribution in [1.82, 2.24) is 5.32 Å². The molecule has 3 N–H and O–H groups in total. The maximum Gasteiger partial charge on any atom is 0.255 e. The van der Waals surface area contributed by atoms with Gasteiger partial charge in [-0.15, -0.1) is 0 Å². The lowest BCUT2D eigenvalue weighted by atomic mass is 10.1. The van der Waals surface area contributed by atoms with Crippen LogP contribution in [0.2, 0.25) is 0 Å². The van der Waals surface area contributed by atoms with Crippen LogP contribution in [0.25, 0.3) is 0 Å². The highest BCUT2D eigenvalue weighted by atomic mass is 16.5. The van der Waals surface area contributed by atoms with Crippen LogP contribution in [0.4, 0.5) is 0 Å². The van der Waals surface area contributed by atoms with Gasteiger partial charge in [-0.2, -0.15) is 0 Å². The fourth-order valence-corrected chi connectivity index (χ4v) is 2.62. The molecule has 1 aromatic rings. The van der Waals surface area contributed by atoms with Gasteiger partial charge in [-0.1, -0.05) is 0 Å². The molecule has 0 aliphatic heterocycles. The fraction of sp³-hybridized carbons (Fsp3) is 0.533. The Labute approximate surface area is 119 Å². The number of ether oxygens (including phenoxy) is 2. The largest absolute Gasteiger partial charge is 0.497 e. The Balaban J connectivity index is 1.98. The summed E-state index contributed by atoms with van der Waals surface area (Å²) in [5.74, 6) is 1.55. The Morgan fingerprint density at radius 3 is 2.75 bits per heavy atom. The van der Waals surface area contributed by atoms with Gasteiger partial charge in [-0.25, -0.2) is 0 Å². The van der Waals surface area contributed by atoms with Crippen LogP contribution in [-0.2, 0) is 0 Å². The van der Waals surface area contributed by atoms with Gasteiger partial charge in [0.05, 0.1) is 19.8 Å². The summed E-state index contributed by atoms with van der Waals surface area (Å²) in [5, 5.41) is 2.96. The van der Waals surface area contributed by atoms with Gasteiger partial charge in [-0.05, 0) is 37.3 Å². The van der Waals surface area contributed by atoms with Crippen molar-refractivity contribution >= 4 is 5.91 Å². The van der Waals surface area contributed by atoms with Crippen molar-refractivity contribution < 1.29 is 14.3 Å². The van der Waals surface area contributed by atoms with Gasteiger partial charge in [0.1, 0.15) is 11.5 Å². The Morgan fingerprint density at radius 1 is 1.35 bits per heavy atom. The first-order chi connectivity index (χ1) is 9.63. The average molecular weight is 278 g/mol. The van der Waals surface area contributed by atoms with E-state index in [1.54, 1.807) is 32.4 Å². The maximum absolute atomic E-state index is 12.2. The zero-order chi connectivity index (χ0) is 14.5. The third kappa shape index (κ3) is 3.42. The van der Waals surface area contributed by atoms with Crippen molar-refractivity contribution in [3.05, 3.63) is 23.8 Å². The summed E-state index contributed by atoms with van der Waals surface area (Å²) < 4.78 is 10.4. The Hall–Kier alpha value is -1.75. The fourth-order valence-electron chi connectivity index (χ4n) is 2.62. The van der Waals surface area contributed by atoms with Crippen LogP contribution in [0.3, 0.4) is 0 Å². The van der Waals surface area contributed by atoms with E-state index < -0.39 is 0 Å². The molecule has 0 bridgehead atoms. The molecule has 0 aromatic heterocycles. The molecule has 1 aromatic carbocycles. The van der Waals surface area contributed by atoms with E-state index in [0.717, 1.165) is 19.3 Å². The summed E-state index contributed by atoms with van der Waals surface area (Å²) in [5.41, 5.74) is 6.40. The molecule has 2 rings (SSSR count). The van der Waals surface area contributed by atoms with Crippen LogP contribution in [-0.4, -0.2) is 32.7 Å². The van der Waals surface area contributed by atoms with Crippen molar-refractivity contribution in [3.63, 3.8) is 0 Å². The lowest BCUT2D eigenvalue weighted by Crippen LogP contribution is -2.29. The summed E-state index contributed by atoms with van der Waals surface area (Å²) in [6, 6.07) is 5.46. The number of amides is 1. The first-order valence-corrected chi connectivity index (χ1v) is 6.90. The number of rotatable bonds is 5. The SMILES string of the molecule is COc1ccc(C(=O)NCC2CCC(N)C2)c(OC)c1. The van der Waals surface area contributed by atoms with Crippen molar-refractivity contribution in [1.29, 1.82) is 0 Å². The van der Waals surface area contributed by atoms with Gasteiger partial charge in [0.15, 0.2) is 0 Å². The maximum atomic E-state index is 12.2. The van der Waals surface area contributed by atoms with E-state index in [2.05, 4.69) is 5.32 Å². The van der Waals surface area contributed by atoms with Crippen molar-refractivity contribution in [2.75, 3.05) is 20.8 Å². The van der Waals surface area contributed by atoms with Gasteiger partial charge in [0, 0.05) is 18.7 Å². The molecular formula is C15H22N2O3. The number of nitrogens with two attached hydrogens (primary N) is 1. The van der Waals surface area contributed by atoms with Crippen molar-refractivity contribution in [2.45, 2.75) is 25.3 Å². The van der Waals surface area contributed by atoms with E-state index >= 15 is 0 Å². The predicted molar refractivity (Wildman–Crippen MR) is 77.2 cm³/mol. The van der Waals surface area contributed by atoms with E-state index in [4.69, 9.17) is 15.2 Å². The predicted octanol–water partition coefficient (Wildman–Crippen LogP) is 1.56. The molecule has 0 heterocycles. The second-order valence-corrected chi connectivity index (χ2v) is 5.22. The molecule has 110 valence electrons. The smallest absolute Gasteiger partial charge is 0.255 e. The molecule has 2 unspecified atom stereocenters. The minimum absolute atomic E-state index is 0.120.